The van der Waals surface area contributed by atoms with E-state index in [4.69, 9.17) is 4.74 Å². The van der Waals surface area contributed by atoms with Gasteiger partial charge in [-0.2, -0.15) is 0 Å². The summed E-state index contributed by atoms with van der Waals surface area (Å²) < 4.78 is 30.6. The van der Waals surface area contributed by atoms with Gasteiger partial charge in [0.2, 0.25) is 0 Å². The van der Waals surface area contributed by atoms with E-state index in [-0.39, 0.29) is 11.6 Å². The van der Waals surface area contributed by atoms with Crippen LogP contribution in [-0.4, -0.2) is 18.5 Å². The van der Waals surface area contributed by atoms with Crippen molar-refractivity contribution >= 4 is 11.9 Å². The first-order valence-corrected chi connectivity index (χ1v) is 6.94. The summed E-state index contributed by atoms with van der Waals surface area (Å²) in [5, 5.41) is 2.67. The number of carbonyl (C=O) groups excluding carboxylic acids is 2. The maximum Gasteiger partial charge on any atom is 0.338 e. The Balaban J connectivity index is 1.86. The van der Waals surface area contributed by atoms with E-state index in [9.17, 15) is 18.4 Å². The van der Waals surface area contributed by atoms with Crippen LogP contribution in [0.4, 0.5) is 8.78 Å². The molecule has 0 aliphatic carbocycles. The van der Waals surface area contributed by atoms with Crippen LogP contribution in [0.2, 0.25) is 0 Å². The Morgan fingerprint density at radius 3 is 2.43 bits per heavy atom. The minimum Gasteiger partial charge on any atom is -0.452 e. The average Bonchev–Trinajstić information content (AvgIpc) is 2.56. The highest BCUT2D eigenvalue weighted by molar-refractivity contribution is 5.91. The largest absolute Gasteiger partial charge is 0.452 e. The molecule has 0 aliphatic rings. The lowest BCUT2D eigenvalue weighted by molar-refractivity contribution is -0.124. The third-order valence-corrected chi connectivity index (χ3v) is 3.17. The molecule has 0 bridgehead atoms. The number of hydrogen-bond acceptors (Lipinski definition) is 3. The molecule has 1 N–H and O–H groups in total. The standard InChI is InChI=1S/C17H15F2NO3/c1-11(12-5-3-2-4-6-12)20-16(21)10-23-17(22)13-7-8-14(18)15(19)9-13/h2-9,11H,10H2,1H3,(H,20,21). The van der Waals surface area contributed by atoms with Gasteiger partial charge in [0.25, 0.3) is 5.91 Å². The van der Waals surface area contributed by atoms with Crippen molar-refractivity contribution in [3.63, 3.8) is 0 Å². The zero-order chi connectivity index (χ0) is 16.8. The number of amides is 1. The Kier molecular flexibility index (Phi) is 5.41. The lowest BCUT2D eigenvalue weighted by Gasteiger charge is -2.14. The summed E-state index contributed by atoms with van der Waals surface area (Å²) in [6.07, 6.45) is 0. The van der Waals surface area contributed by atoms with Gasteiger partial charge in [0.15, 0.2) is 18.2 Å². The minimum atomic E-state index is -1.15. The molecule has 0 heterocycles. The second-order valence-electron chi connectivity index (χ2n) is 4.90. The highest BCUT2D eigenvalue weighted by Gasteiger charge is 2.14. The Labute approximate surface area is 132 Å². The number of esters is 1. The van der Waals surface area contributed by atoms with Gasteiger partial charge < -0.3 is 10.1 Å². The van der Waals surface area contributed by atoms with Crippen molar-refractivity contribution in [2.75, 3.05) is 6.61 Å². The van der Waals surface area contributed by atoms with Gasteiger partial charge in [-0.05, 0) is 30.7 Å². The molecule has 1 atom stereocenters. The van der Waals surface area contributed by atoms with Crippen LogP contribution in [0, 0.1) is 11.6 Å². The number of halogens is 2. The van der Waals surface area contributed by atoms with Gasteiger partial charge >= 0.3 is 5.97 Å². The van der Waals surface area contributed by atoms with Crippen LogP contribution in [0.3, 0.4) is 0 Å². The normalized spacial score (nSPS) is 11.6. The molecule has 1 unspecified atom stereocenters. The van der Waals surface area contributed by atoms with Gasteiger partial charge in [0, 0.05) is 0 Å². The van der Waals surface area contributed by atoms with E-state index in [0.717, 1.165) is 23.8 Å². The topological polar surface area (TPSA) is 55.4 Å². The zero-order valence-electron chi connectivity index (χ0n) is 12.4. The van der Waals surface area contributed by atoms with Crippen molar-refractivity contribution in [2.45, 2.75) is 13.0 Å². The highest BCUT2D eigenvalue weighted by atomic mass is 19.2. The van der Waals surface area contributed by atoms with E-state index in [0.29, 0.717) is 0 Å². The first-order chi connectivity index (χ1) is 11.0. The molecule has 0 radical (unpaired) electrons. The van der Waals surface area contributed by atoms with Crippen molar-refractivity contribution in [1.29, 1.82) is 0 Å². The molecule has 4 nitrogen and oxygen atoms in total. The fourth-order valence-electron chi connectivity index (χ4n) is 1.95. The second-order valence-corrected chi connectivity index (χ2v) is 4.90. The lowest BCUT2D eigenvalue weighted by atomic mass is 10.1. The number of rotatable bonds is 5. The quantitative estimate of drug-likeness (QED) is 0.862. The lowest BCUT2D eigenvalue weighted by Crippen LogP contribution is -2.31. The van der Waals surface area contributed by atoms with Crippen molar-refractivity contribution < 1.29 is 23.1 Å². The molecular weight excluding hydrogens is 304 g/mol. The van der Waals surface area contributed by atoms with Gasteiger partial charge in [-0.15, -0.1) is 0 Å². The van der Waals surface area contributed by atoms with Crippen molar-refractivity contribution in [3.8, 4) is 0 Å². The van der Waals surface area contributed by atoms with Gasteiger partial charge in [-0.1, -0.05) is 30.3 Å². The smallest absolute Gasteiger partial charge is 0.338 e. The van der Waals surface area contributed by atoms with E-state index in [2.05, 4.69) is 5.32 Å². The predicted octanol–water partition coefficient (Wildman–Crippen LogP) is 3.00. The fourth-order valence-corrected chi connectivity index (χ4v) is 1.95. The Bertz CT molecular complexity index is 704. The monoisotopic (exact) mass is 319 g/mol. The van der Waals surface area contributed by atoms with Crippen LogP contribution in [0.1, 0.15) is 28.9 Å². The molecule has 0 fully saturated rings. The molecule has 2 aromatic carbocycles. The Morgan fingerprint density at radius 1 is 1.09 bits per heavy atom. The molecule has 120 valence electrons. The minimum absolute atomic E-state index is 0.159. The van der Waals surface area contributed by atoms with E-state index >= 15 is 0 Å². The van der Waals surface area contributed by atoms with Crippen LogP contribution in [-0.2, 0) is 9.53 Å². The zero-order valence-corrected chi connectivity index (χ0v) is 12.4. The van der Waals surface area contributed by atoms with Gasteiger partial charge in [0.1, 0.15) is 0 Å². The molecule has 6 heteroatoms. The number of nitrogens with one attached hydrogen (secondary N) is 1. The van der Waals surface area contributed by atoms with Gasteiger partial charge in [0.05, 0.1) is 11.6 Å². The second kappa shape index (κ2) is 7.49. The number of ether oxygens (including phenoxy) is 1. The van der Waals surface area contributed by atoms with Crippen molar-refractivity contribution in [2.24, 2.45) is 0 Å². The van der Waals surface area contributed by atoms with Crippen LogP contribution in [0.25, 0.3) is 0 Å². The van der Waals surface area contributed by atoms with Crippen molar-refractivity contribution in [1.82, 2.24) is 5.32 Å². The number of benzene rings is 2. The summed E-state index contributed by atoms with van der Waals surface area (Å²) in [6.45, 7) is 1.29. The molecule has 0 aromatic heterocycles. The maximum atomic E-state index is 13.0. The van der Waals surface area contributed by atoms with E-state index in [1.54, 1.807) is 6.92 Å². The first kappa shape index (κ1) is 16.6. The van der Waals surface area contributed by atoms with Crippen LogP contribution in [0.15, 0.2) is 48.5 Å². The SMILES string of the molecule is CC(NC(=O)COC(=O)c1ccc(F)c(F)c1)c1ccccc1. The van der Waals surface area contributed by atoms with Crippen LogP contribution >= 0.6 is 0 Å². The summed E-state index contributed by atoms with van der Waals surface area (Å²) >= 11 is 0. The molecule has 0 spiro atoms. The van der Waals surface area contributed by atoms with Gasteiger partial charge in [-0.3, -0.25) is 4.79 Å². The summed E-state index contributed by atoms with van der Waals surface area (Å²) in [6, 6.07) is 11.7. The molecule has 1 amide bonds. The number of carbonyl (C=O) groups is 2. The summed E-state index contributed by atoms with van der Waals surface area (Å²) in [5.74, 6) is -3.60. The molecular formula is C17H15F2NO3. The highest BCUT2D eigenvalue weighted by Crippen LogP contribution is 2.11. The van der Waals surface area contributed by atoms with E-state index < -0.39 is 30.1 Å². The van der Waals surface area contributed by atoms with Crippen LogP contribution < -0.4 is 5.32 Å². The van der Waals surface area contributed by atoms with E-state index in [1.807, 2.05) is 30.3 Å². The molecule has 0 saturated heterocycles. The summed E-state index contributed by atoms with van der Waals surface area (Å²) in [5.41, 5.74) is 0.751. The molecule has 0 aliphatic heterocycles. The fraction of sp³-hybridized carbons (Fsp3) is 0.176. The summed E-state index contributed by atoms with van der Waals surface area (Å²) in [4.78, 5) is 23.4. The van der Waals surface area contributed by atoms with Crippen LogP contribution in [0.5, 0.6) is 0 Å². The van der Waals surface area contributed by atoms with E-state index in [1.165, 1.54) is 0 Å². The predicted molar refractivity (Wildman–Crippen MR) is 79.6 cm³/mol. The Hall–Kier alpha value is -2.76. The number of hydrogen-bond donors (Lipinski definition) is 1. The van der Waals surface area contributed by atoms with Gasteiger partial charge in [-0.25, -0.2) is 13.6 Å². The first-order valence-electron chi connectivity index (χ1n) is 6.94. The molecule has 23 heavy (non-hydrogen) atoms. The average molecular weight is 319 g/mol. The Morgan fingerprint density at radius 2 is 1.78 bits per heavy atom. The third-order valence-electron chi connectivity index (χ3n) is 3.17. The molecule has 0 saturated carbocycles. The maximum absolute atomic E-state index is 13.0. The third kappa shape index (κ3) is 4.60. The molecule has 2 rings (SSSR count). The summed E-state index contributed by atoms with van der Waals surface area (Å²) in [7, 11) is 0. The van der Waals surface area contributed by atoms with Crippen molar-refractivity contribution in [3.05, 3.63) is 71.3 Å². The molecule has 2 aromatic rings.